The van der Waals surface area contributed by atoms with Gasteiger partial charge in [0.05, 0.1) is 0 Å². The van der Waals surface area contributed by atoms with Gasteiger partial charge in [0.2, 0.25) is 0 Å². The maximum absolute atomic E-state index is 6.51. The van der Waals surface area contributed by atoms with Crippen LogP contribution in [0.2, 0.25) is 0 Å². The normalized spacial score (nSPS) is 26.6. The first kappa shape index (κ1) is 17.8. The Labute approximate surface area is 158 Å². The van der Waals surface area contributed by atoms with Crippen LogP contribution < -0.4 is 5.73 Å². The highest BCUT2D eigenvalue weighted by Gasteiger charge is 2.43. The summed E-state index contributed by atoms with van der Waals surface area (Å²) in [6.45, 7) is 1.94. The summed E-state index contributed by atoms with van der Waals surface area (Å²) < 4.78 is 0. The highest BCUT2D eigenvalue weighted by Crippen LogP contribution is 2.46. The summed E-state index contributed by atoms with van der Waals surface area (Å²) in [6.07, 6.45) is 6.65. The first-order valence-corrected chi connectivity index (χ1v) is 10.2. The summed E-state index contributed by atoms with van der Waals surface area (Å²) in [5, 5.41) is 0. The average molecular weight is 349 g/mol. The molecule has 2 nitrogen and oxygen atoms in total. The molecule has 2 fully saturated rings. The molecule has 2 aliphatic rings. The molecule has 2 N–H and O–H groups in total. The number of hydrogen-bond donors (Lipinski definition) is 1. The molecule has 1 aliphatic carbocycles. The summed E-state index contributed by atoms with van der Waals surface area (Å²) in [7, 11) is 2.32. The monoisotopic (exact) mass is 348 g/mol. The summed E-state index contributed by atoms with van der Waals surface area (Å²) in [5.74, 6) is 1.65. The van der Waals surface area contributed by atoms with E-state index in [-0.39, 0.29) is 5.41 Å². The van der Waals surface area contributed by atoms with E-state index in [9.17, 15) is 0 Å². The Morgan fingerprint density at radius 3 is 2.12 bits per heavy atom. The number of nitrogens with zero attached hydrogens (tertiary/aromatic N) is 1. The SMILES string of the molecule is CN1CCCC2CC(CC(CN)(c3ccccc3)c3ccccc3)CC21. The maximum atomic E-state index is 6.51. The third kappa shape index (κ3) is 3.21. The van der Waals surface area contributed by atoms with Crippen molar-refractivity contribution in [2.45, 2.75) is 43.6 Å². The highest BCUT2D eigenvalue weighted by molar-refractivity contribution is 5.40. The minimum atomic E-state index is -0.0702. The molecule has 0 bridgehead atoms. The molecule has 1 saturated heterocycles. The molecule has 2 heteroatoms. The average Bonchev–Trinajstić information content (AvgIpc) is 3.11. The summed E-state index contributed by atoms with van der Waals surface area (Å²) in [4.78, 5) is 2.61. The molecule has 4 rings (SSSR count). The number of piperidine rings is 1. The molecule has 0 radical (unpaired) electrons. The topological polar surface area (TPSA) is 29.3 Å². The van der Waals surface area contributed by atoms with Crippen LogP contribution in [-0.2, 0) is 5.41 Å². The first-order valence-electron chi connectivity index (χ1n) is 10.2. The molecule has 0 aromatic heterocycles. The Morgan fingerprint density at radius 1 is 0.962 bits per heavy atom. The Bertz CT molecular complexity index is 657. The van der Waals surface area contributed by atoms with Crippen molar-refractivity contribution in [3.05, 3.63) is 71.8 Å². The number of rotatable bonds is 5. The zero-order valence-corrected chi connectivity index (χ0v) is 16.0. The lowest BCUT2D eigenvalue weighted by Crippen LogP contribution is -2.40. The van der Waals surface area contributed by atoms with Crippen LogP contribution in [0.3, 0.4) is 0 Å². The molecule has 3 unspecified atom stereocenters. The molecule has 2 aromatic rings. The number of likely N-dealkylation sites (tertiary alicyclic amines) is 1. The van der Waals surface area contributed by atoms with Crippen LogP contribution >= 0.6 is 0 Å². The van der Waals surface area contributed by atoms with Crippen molar-refractivity contribution in [1.29, 1.82) is 0 Å². The second kappa shape index (κ2) is 7.54. The quantitative estimate of drug-likeness (QED) is 0.865. The Hall–Kier alpha value is -1.64. The van der Waals surface area contributed by atoms with Gasteiger partial charge in [-0.3, -0.25) is 0 Å². The fourth-order valence-corrected chi connectivity index (χ4v) is 5.73. The fourth-order valence-electron chi connectivity index (χ4n) is 5.73. The van der Waals surface area contributed by atoms with E-state index in [2.05, 4.69) is 72.6 Å². The highest BCUT2D eigenvalue weighted by atomic mass is 15.1. The number of hydrogen-bond acceptors (Lipinski definition) is 2. The molecule has 138 valence electrons. The second-order valence-electron chi connectivity index (χ2n) is 8.51. The smallest absolute Gasteiger partial charge is 0.0327 e. The maximum Gasteiger partial charge on any atom is 0.0327 e. The van der Waals surface area contributed by atoms with Crippen LogP contribution in [0.25, 0.3) is 0 Å². The van der Waals surface area contributed by atoms with Gasteiger partial charge in [-0.25, -0.2) is 0 Å². The van der Waals surface area contributed by atoms with Crippen molar-refractivity contribution < 1.29 is 0 Å². The van der Waals surface area contributed by atoms with Crippen LogP contribution in [0.4, 0.5) is 0 Å². The van der Waals surface area contributed by atoms with E-state index < -0.39 is 0 Å². The van der Waals surface area contributed by atoms with Gasteiger partial charge in [-0.1, -0.05) is 60.7 Å². The van der Waals surface area contributed by atoms with Gasteiger partial charge >= 0.3 is 0 Å². The molecule has 0 spiro atoms. The minimum absolute atomic E-state index is 0.0702. The van der Waals surface area contributed by atoms with Crippen molar-refractivity contribution in [2.24, 2.45) is 17.6 Å². The van der Waals surface area contributed by atoms with Gasteiger partial charge in [0, 0.05) is 18.0 Å². The van der Waals surface area contributed by atoms with E-state index in [1.165, 1.54) is 49.8 Å². The second-order valence-corrected chi connectivity index (χ2v) is 8.51. The Balaban J connectivity index is 1.66. The number of benzene rings is 2. The fraction of sp³-hybridized carbons (Fsp3) is 0.500. The molecular formula is C24H32N2. The van der Waals surface area contributed by atoms with E-state index in [4.69, 9.17) is 5.73 Å². The van der Waals surface area contributed by atoms with Gasteiger partial charge in [-0.2, -0.15) is 0 Å². The minimum Gasteiger partial charge on any atom is -0.329 e. The van der Waals surface area contributed by atoms with Crippen molar-refractivity contribution >= 4 is 0 Å². The van der Waals surface area contributed by atoms with Crippen LogP contribution in [0, 0.1) is 11.8 Å². The van der Waals surface area contributed by atoms with Crippen molar-refractivity contribution in [3.63, 3.8) is 0 Å². The molecule has 1 aliphatic heterocycles. The Morgan fingerprint density at radius 2 is 1.58 bits per heavy atom. The van der Waals surface area contributed by atoms with Crippen molar-refractivity contribution in [1.82, 2.24) is 4.90 Å². The van der Waals surface area contributed by atoms with E-state index >= 15 is 0 Å². The molecule has 26 heavy (non-hydrogen) atoms. The van der Waals surface area contributed by atoms with Gasteiger partial charge in [0.25, 0.3) is 0 Å². The van der Waals surface area contributed by atoms with Crippen LogP contribution in [0.5, 0.6) is 0 Å². The van der Waals surface area contributed by atoms with E-state index in [0.717, 1.165) is 17.9 Å². The van der Waals surface area contributed by atoms with Gasteiger partial charge in [0.15, 0.2) is 0 Å². The molecule has 3 atom stereocenters. The lowest BCUT2D eigenvalue weighted by Gasteiger charge is -2.36. The number of fused-ring (bicyclic) bond motifs is 1. The van der Waals surface area contributed by atoms with E-state index in [1.54, 1.807) is 0 Å². The lowest BCUT2D eigenvalue weighted by atomic mass is 9.68. The van der Waals surface area contributed by atoms with E-state index in [1.807, 2.05) is 0 Å². The third-order valence-electron chi connectivity index (χ3n) is 7.05. The first-order chi connectivity index (χ1) is 12.7. The predicted molar refractivity (Wildman–Crippen MR) is 109 cm³/mol. The van der Waals surface area contributed by atoms with Crippen LogP contribution in [-0.4, -0.2) is 31.1 Å². The van der Waals surface area contributed by atoms with Gasteiger partial charge < -0.3 is 10.6 Å². The van der Waals surface area contributed by atoms with Crippen molar-refractivity contribution in [3.8, 4) is 0 Å². The predicted octanol–water partition coefficient (Wildman–Crippen LogP) is 4.44. The Kier molecular flexibility index (Phi) is 5.15. The molecule has 2 aromatic carbocycles. The summed E-state index contributed by atoms with van der Waals surface area (Å²) in [6, 6.07) is 22.7. The number of nitrogens with two attached hydrogens (primary N) is 1. The summed E-state index contributed by atoms with van der Waals surface area (Å²) in [5.41, 5.74) is 9.19. The molecule has 0 amide bonds. The molecular weight excluding hydrogens is 316 g/mol. The summed E-state index contributed by atoms with van der Waals surface area (Å²) >= 11 is 0. The molecule has 1 saturated carbocycles. The third-order valence-corrected chi connectivity index (χ3v) is 7.05. The zero-order valence-electron chi connectivity index (χ0n) is 16.0. The lowest BCUT2D eigenvalue weighted by molar-refractivity contribution is 0.144. The largest absolute Gasteiger partial charge is 0.329 e. The van der Waals surface area contributed by atoms with Crippen molar-refractivity contribution in [2.75, 3.05) is 20.1 Å². The molecule has 1 heterocycles. The van der Waals surface area contributed by atoms with Gasteiger partial charge in [-0.05, 0) is 68.7 Å². The van der Waals surface area contributed by atoms with Crippen LogP contribution in [0.1, 0.15) is 43.2 Å². The zero-order chi connectivity index (χ0) is 18.0. The van der Waals surface area contributed by atoms with E-state index in [0.29, 0.717) is 6.54 Å². The van der Waals surface area contributed by atoms with Gasteiger partial charge in [0.1, 0.15) is 0 Å². The standard InChI is InChI=1S/C24H32N2/c1-26-14-8-9-20-15-19(16-23(20)26)17-24(18-25,21-10-4-2-5-11-21)22-12-6-3-7-13-22/h2-7,10-13,19-20,23H,8-9,14-18,25H2,1H3. The van der Waals surface area contributed by atoms with Crippen LogP contribution in [0.15, 0.2) is 60.7 Å². The van der Waals surface area contributed by atoms with Gasteiger partial charge in [-0.15, -0.1) is 0 Å².